The molecule has 2 aromatic carbocycles. The lowest BCUT2D eigenvalue weighted by molar-refractivity contribution is 0.949. The van der Waals surface area contributed by atoms with E-state index in [0.29, 0.717) is 5.02 Å². The van der Waals surface area contributed by atoms with Crippen LogP contribution in [0.3, 0.4) is 0 Å². The summed E-state index contributed by atoms with van der Waals surface area (Å²) in [6.07, 6.45) is 0.868. The second-order valence-corrected chi connectivity index (χ2v) is 6.83. The molecular formula is C14H10Br2Cl2. The molecule has 0 aromatic heterocycles. The van der Waals surface area contributed by atoms with Crippen LogP contribution in [0.15, 0.2) is 46.9 Å². The molecule has 4 heteroatoms. The molecule has 0 nitrogen and oxygen atoms in total. The van der Waals surface area contributed by atoms with Crippen LogP contribution in [0.25, 0.3) is 0 Å². The van der Waals surface area contributed by atoms with Gasteiger partial charge in [-0.3, -0.25) is 0 Å². The van der Waals surface area contributed by atoms with Gasteiger partial charge in [0.2, 0.25) is 0 Å². The van der Waals surface area contributed by atoms with Gasteiger partial charge in [-0.15, -0.1) is 0 Å². The highest BCUT2D eigenvalue weighted by molar-refractivity contribution is 9.10. The van der Waals surface area contributed by atoms with Gasteiger partial charge in [-0.2, -0.15) is 0 Å². The third-order valence-corrected chi connectivity index (χ3v) is 4.55. The molecule has 0 amide bonds. The number of hydrogen-bond donors (Lipinski definition) is 0. The topological polar surface area (TPSA) is 0 Å². The van der Waals surface area contributed by atoms with Crippen LogP contribution in [0.5, 0.6) is 0 Å². The molecule has 0 aliphatic carbocycles. The zero-order chi connectivity index (χ0) is 13.1. The van der Waals surface area contributed by atoms with E-state index in [1.54, 1.807) is 6.07 Å². The lowest BCUT2D eigenvalue weighted by atomic mass is 10.0. The molecule has 2 aromatic rings. The van der Waals surface area contributed by atoms with E-state index in [4.69, 9.17) is 23.2 Å². The molecule has 1 unspecified atom stereocenters. The van der Waals surface area contributed by atoms with Gasteiger partial charge >= 0.3 is 0 Å². The highest BCUT2D eigenvalue weighted by atomic mass is 79.9. The zero-order valence-corrected chi connectivity index (χ0v) is 14.0. The van der Waals surface area contributed by atoms with Gasteiger partial charge in [0, 0.05) is 19.3 Å². The van der Waals surface area contributed by atoms with Crippen molar-refractivity contribution < 1.29 is 0 Å². The number of halogens is 4. The Kier molecular flexibility index (Phi) is 5.14. The molecule has 2 rings (SSSR count). The lowest BCUT2D eigenvalue weighted by Crippen LogP contribution is -1.96. The van der Waals surface area contributed by atoms with Crippen LogP contribution in [-0.2, 0) is 6.42 Å². The second kappa shape index (κ2) is 6.42. The van der Waals surface area contributed by atoms with E-state index in [9.17, 15) is 0 Å². The summed E-state index contributed by atoms with van der Waals surface area (Å²) in [5.74, 6) is 0. The minimum Gasteiger partial charge on any atom is -0.0843 e. The first-order valence-electron chi connectivity index (χ1n) is 5.40. The Balaban J connectivity index is 2.18. The Morgan fingerprint density at radius 1 is 1.00 bits per heavy atom. The molecule has 0 radical (unpaired) electrons. The van der Waals surface area contributed by atoms with Gasteiger partial charge in [-0.05, 0) is 47.9 Å². The van der Waals surface area contributed by atoms with Crippen molar-refractivity contribution in [2.45, 2.75) is 11.2 Å². The van der Waals surface area contributed by atoms with E-state index in [2.05, 4.69) is 44.0 Å². The van der Waals surface area contributed by atoms with Crippen molar-refractivity contribution in [1.82, 2.24) is 0 Å². The molecule has 0 aliphatic heterocycles. The van der Waals surface area contributed by atoms with Gasteiger partial charge in [0.15, 0.2) is 0 Å². The maximum Gasteiger partial charge on any atom is 0.0450 e. The van der Waals surface area contributed by atoms with E-state index >= 15 is 0 Å². The maximum absolute atomic E-state index is 6.19. The van der Waals surface area contributed by atoms with E-state index < -0.39 is 0 Å². The molecule has 1 atom stereocenters. The van der Waals surface area contributed by atoms with Crippen LogP contribution in [-0.4, -0.2) is 0 Å². The Morgan fingerprint density at radius 3 is 2.33 bits per heavy atom. The first kappa shape index (κ1) is 14.4. The first-order chi connectivity index (χ1) is 8.56. The largest absolute Gasteiger partial charge is 0.0843 e. The van der Waals surface area contributed by atoms with Gasteiger partial charge in [0.1, 0.15) is 0 Å². The molecule has 18 heavy (non-hydrogen) atoms. The monoisotopic (exact) mass is 406 g/mol. The second-order valence-electron chi connectivity index (χ2n) is 3.96. The van der Waals surface area contributed by atoms with Gasteiger partial charge < -0.3 is 0 Å². The quantitative estimate of drug-likeness (QED) is 0.513. The molecular weight excluding hydrogens is 399 g/mol. The third kappa shape index (κ3) is 3.74. The Hall–Kier alpha value is -0.0200. The van der Waals surface area contributed by atoms with Crippen molar-refractivity contribution in [2.75, 3.05) is 0 Å². The standard InChI is InChI=1S/C14H10Br2Cl2/c15-10-3-1-9(2-4-10)7-13(16)12-8-11(17)5-6-14(12)18/h1-6,8,13H,7H2. The summed E-state index contributed by atoms with van der Waals surface area (Å²) in [7, 11) is 0. The Labute approximate surface area is 134 Å². The van der Waals surface area contributed by atoms with Crippen LogP contribution in [0.4, 0.5) is 0 Å². The fourth-order valence-electron chi connectivity index (χ4n) is 1.69. The van der Waals surface area contributed by atoms with Crippen molar-refractivity contribution in [1.29, 1.82) is 0 Å². The summed E-state index contributed by atoms with van der Waals surface area (Å²) < 4.78 is 1.08. The highest BCUT2D eigenvalue weighted by Crippen LogP contribution is 2.34. The van der Waals surface area contributed by atoms with Crippen molar-refractivity contribution in [2.24, 2.45) is 0 Å². The summed E-state index contributed by atoms with van der Waals surface area (Å²) in [5, 5.41) is 1.44. The predicted molar refractivity (Wildman–Crippen MR) is 86.0 cm³/mol. The molecule has 0 aliphatic rings. The normalized spacial score (nSPS) is 12.4. The van der Waals surface area contributed by atoms with Gasteiger partial charge in [-0.25, -0.2) is 0 Å². The molecule has 94 valence electrons. The summed E-state index contributed by atoms with van der Waals surface area (Å²) >= 11 is 19.3. The van der Waals surface area contributed by atoms with E-state index in [0.717, 1.165) is 21.5 Å². The fraction of sp³-hybridized carbons (Fsp3) is 0.143. The van der Waals surface area contributed by atoms with Crippen LogP contribution in [0.2, 0.25) is 10.0 Å². The number of hydrogen-bond acceptors (Lipinski definition) is 0. The highest BCUT2D eigenvalue weighted by Gasteiger charge is 2.12. The average Bonchev–Trinajstić information content (AvgIpc) is 2.35. The predicted octanol–water partition coefficient (Wildman–Crippen LogP) is 6.43. The number of benzene rings is 2. The minimum absolute atomic E-state index is 0.157. The summed E-state index contributed by atoms with van der Waals surface area (Å²) in [6, 6.07) is 13.8. The van der Waals surface area contributed by atoms with Crippen LogP contribution >= 0.6 is 55.1 Å². The molecule has 0 N–H and O–H groups in total. The summed E-state index contributed by atoms with van der Waals surface area (Å²) in [6.45, 7) is 0. The van der Waals surface area contributed by atoms with Crippen molar-refractivity contribution in [3.8, 4) is 0 Å². The van der Waals surface area contributed by atoms with Crippen molar-refractivity contribution in [3.63, 3.8) is 0 Å². The van der Waals surface area contributed by atoms with E-state index in [1.807, 2.05) is 24.3 Å². The van der Waals surface area contributed by atoms with E-state index in [1.165, 1.54) is 5.56 Å². The Bertz CT molecular complexity index is 538. The third-order valence-electron chi connectivity index (χ3n) is 2.62. The molecule has 0 saturated heterocycles. The Morgan fingerprint density at radius 2 is 1.67 bits per heavy atom. The van der Waals surface area contributed by atoms with Gasteiger partial charge in [0.25, 0.3) is 0 Å². The van der Waals surface area contributed by atoms with Gasteiger partial charge in [0.05, 0.1) is 0 Å². The fourth-order valence-corrected chi connectivity index (χ4v) is 3.27. The molecule has 0 saturated carbocycles. The van der Waals surface area contributed by atoms with Crippen LogP contribution in [0.1, 0.15) is 16.0 Å². The number of rotatable bonds is 3. The number of alkyl halides is 1. The SMILES string of the molecule is Clc1ccc(Cl)c(C(Br)Cc2ccc(Br)cc2)c1. The molecule has 0 spiro atoms. The smallest absolute Gasteiger partial charge is 0.0450 e. The van der Waals surface area contributed by atoms with Gasteiger partial charge in [-0.1, -0.05) is 67.2 Å². The van der Waals surface area contributed by atoms with Crippen molar-refractivity contribution >= 4 is 55.1 Å². The molecule has 0 bridgehead atoms. The van der Waals surface area contributed by atoms with Crippen LogP contribution in [0, 0.1) is 0 Å². The van der Waals surface area contributed by atoms with E-state index in [-0.39, 0.29) is 4.83 Å². The average molecular weight is 409 g/mol. The summed E-state index contributed by atoms with van der Waals surface area (Å²) in [4.78, 5) is 0.157. The molecule has 0 heterocycles. The molecule has 0 fully saturated rings. The first-order valence-corrected chi connectivity index (χ1v) is 7.86. The van der Waals surface area contributed by atoms with Crippen LogP contribution < -0.4 is 0 Å². The maximum atomic E-state index is 6.19. The zero-order valence-electron chi connectivity index (χ0n) is 9.34. The lowest BCUT2D eigenvalue weighted by Gasteiger charge is -2.12. The van der Waals surface area contributed by atoms with Crippen molar-refractivity contribution in [3.05, 3.63) is 68.1 Å². The summed E-state index contributed by atoms with van der Waals surface area (Å²) in [5.41, 5.74) is 2.27. The minimum atomic E-state index is 0.157.